The molecule has 168 valence electrons. The van der Waals surface area contributed by atoms with E-state index in [9.17, 15) is 14.4 Å². The molecular weight excluding hydrogens is 428 g/mol. The first-order valence-corrected chi connectivity index (χ1v) is 11.2. The Labute approximate surface area is 192 Å². The van der Waals surface area contributed by atoms with E-state index in [-0.39, 0.29) is 30.8 Å². The van der Waals surface area contributed by atoms with Gasteiger partial charge in [0.2, 0.25) is 11.8 Å². The fourth-order valence-electron chi connectivity index (χ4n) is 4.47. The van der Waals surface area contributed by atoms with Crippen LogP contribution in [0.4, 0.5) is 11.4 Å². The van der Waals surface area contributed by atoms with E-state index in [0.717, 1.165) is 37.2 Å². The molecule has 2 N–H and O–H groups in total. The summed E-state index contributed by atoms with van der Waals surface area (Å²) in [5.74, 6) is -1.04. The number of halogens is 1. The molecule has 0 saturated carbocycles. The van der Waals surface area contributed by atoms with Crippen molar-refractivity contribution in [2.75, 3.05) is 29.4 Å². The van der Waals surface area contributed by atoms with Crippen molar-refractivity contribution < 1.29 is 14.4 Å². The molecule has 0 spiro atoms. The summed E-state index contributed by atoms with van der Waals surface area (Å²) >= 11 is 6.54. The Morgan fingerprint density at radius 3 is 2.50 bits per heavy atom. The summed E-state index contributed by atoms with van der Waals surface area (Å²) in [7, 11) is 0. The summed E-state index contributed by atoms with van der Waals surface area (Å²) in [6, 6.07) is 12.5. The molecule has 0 bridgehead atoms. The van der Waals surface area contributed by atoms with Crippen LogP contribution in [-0.4, -0.2) is 48.3 Å². The first kappa shape index (κ1) is 22.1. The van der Waals surface area contributed by atoms with Crippen molar-refractivity contribution in [3.05, 3.63) is 58.6 Å². The Bertz CT molecular complexity index is 1050. The number of nitrogens with zero attached hydrogens (tertiary/aromatic N) is 3. The number of hydrogen-bond donors (Lipinski definition) is 1. The number of nitrogens with two attached hydrogens (primary N) is 1. The van der Waals surface area contributed by atoms with E-state index in [1.54, 1.807) is 17.9 Å². The lowest BCUT2D eigenvalue weighted by Gasteiger charge is -2.27. The molecule has 0 radical (unpaired) electrons. The van der Waals surface area contributed by atoms with Crippen LogP contribution in [0, 0.1) is 0 Å². The van der Waals surface area contributed by atoms with Crippen LogP contribution >= 0.6 is 11.6 Å². The number of anilines is 2. The minimum atomic E-state index is -0.472. The maximum Gasteiger partial charge on any atom is 0.260 e. The maximum atomic E-state index is 13.6. The van der Waals surface area contributed by atoms with Gasteiger partial charge in [0.25, 0.3) is 5.91 Å². The number of carbonyl (C=O) groups is 3. The minimum Gasteiger partial charge on any atom is -0.371 e. The number of primary amides is 1. The summed E-state index contributed by atoms with van der Waals surface area (Å²) in [5.41, 5.74) is 8.20. The zero-order valence-electron chi connectivity index (χ0n) is 18.1. The minimum absolute atomic E-state index is 0.0612. The number of fused-ring (bicyclic) bond motifs is 1. The van der Waals surface area contributed by atoms with Crippen LogP contribution in [0.2, 0.25) is 5.02 Å². The summed E-state index contributed by atoms with van der Waals surface area (Å²) in [4.78, 5) is 43.4. The third kappa shape index (κ3) is 4.43. The van der Waals surface area contributed by atoms with Gasteiger partial charge in [-0.05, 0) is 49.6 Å². The standard InChI is InChI=1S/C24H27ClN4O3/c1-16(12-22(26)30)28-14-17-6-2-3-7-21(17)29(15-23(28)31)24(32)19-9-8-18(13-20(19)25)27-10-4-5-11-27/h2-3,6-9,13,16H,4-5,10-12,14-15H2,1H3,(H2,26,30). The van der Waals surface area contributed by atoms with Gasteiger partial charge in [0.15, 0.2) is 0 Å². The fraction of sp³-hybridized carbons (Fsp3) is 0.375. The van der Waals surface area contributed by atoms with E-state index < -0.39 is 5.91 Å². The number of rotatable bonds is 5. The lowest BCUT2D eigenvalue weighted by molar-refractivity contribution is -0.133. The van der Waals surface area contributed by atoms with Crippen molar-refractivity contribution in [2.45, 2.75) is 38.8 Å². The highest BCUT2D eigenvalue weighted by atomic mass is 35.5. The topological polar surface area (TPSA) is 87.0 Å². The van der Waals surface area contributed by atoms with Crippen molar-refractivity contribution in [2.24, 2.45) is 5.73 Å². The van der Waals surface area contributed by atoms with Gasteiger partial charge in [-0.1, -0.05) is 29.8 Å². The molecule has 7 nitrogen and oxygen atoms in total. The van der Waals surface area contributed by atoms with Crippen LogP contribution in [-0.2, 0) is 16.1 Å². The van der Waals surface area contributed by atoms with E-state index in [2.05, 4.69) is 4.90 Å². The first-order valence-electron chi connectivity index (χ1n) is 10.9. The molecule has 3 amide bonds. The number of amides is 3. The van der Waals surface area contributed by atoms with Crippen LogP contribution in [0.15, 0.2) is 42.5 Å². The van der Waals surface area contributed by atoms with Crippen molar-refractivity contribution in [1.82, 2.24) is 4.90 Å². The van der Waals surface area contributed by atoms with Gasteiger partial charge >= 0.3 is 0 Å². The summed E-state index contributed by atoms with van der Waals surface area (Å²) in [6.45, 7) is 3.92. The monoisotopic (exact) mass is 454 g/mol. The van der Waals surface area contributed by atoms with Crippen LogP contribution < -0.4 is 15.5 Å². The van der Waals surface area contributed by atoms with Gasteiger partial charge in [0, 0.05) is 43.5 Å². The molecule has 2 heterocycles. The highest BCUT2D eigenvalue weighted by Gasteiger charge is 2.32. The molecule has 0 aliphatic carbocycles. The van der Waals surface area contributed by atoms with Gasteiger partial charge < -0.3 is 15.5 Å². The van der Waals surface area contributed by atoms with E-state index in [1.807, 2.05) is 36.4 Å². The van der Waals surface area contributed by atoms with Crippen LogP contribution in [0.5, 0.6) is 0 Å². The molecule has 4 rings (SSSR count). The Balaban J connectivity index is 1.65. The van der Waals surface area contributed by atoms with Gasteiger partial charge in [0.05, 0.1) is 10.6 Å². The molecule has 1 atom stereocenters. The highest BCUT2D eigenvalue weighted by molar-refractivity contribution is 6.35. The Hall–Kier alpha value is -3.06. The van der Waals surface area contributed by atoms with E-state index in [1.165, 1.54) is 4.90 Å². The predicted molar refractivity (Wildman–Crippen MR) is 125 cm³/mol. The van der Waals surface area contributed by atoms with Crippen LogP contribution in [0.3, 0.4) is 0 Å². The zero-order valence-corrected chi connectivity index (χ0v) is 18.8. The predicted octanol–water partition coefficient (Wildman–Crippen LogP) is 3.19. The molecular formula is C24H27ClN4O3. The lowest BCUT2D eigenvalue weighted by atomic mass is 10.1. The molecule has 8 heteroatoms. The Morgan fingerprint density at radius 2 is 1.81 bits per heavy atom. The molecule has 1 unspecified atom stereocenters. The second kappa shape index (κ2) is 9.20. The van der Waals surface area contributed by atoms with E-state index in [0.29, 0.717) is 22.8 Å². The average Bonchev–Trinajstić information content (AvgIpc) is 3.25. The molecule has 1 fully saturated rings. The molecule has 2 aromatic rings. The number of carbonyl (C=O) groups excluding carboxylic acids is 3. The first-order chi connectivity index (χ1) is 15.3. The summed E-state index contributed by atoms with van der Waals surface area (Å²) in [6.07, 6.45) is 2.36. The Morgan fingerprint density at radius 1 is 1.09 bits per heavy atom. The largest absolute Gasteiger partial charge is 0.371 e. The fourth-order valence-corrected chi connectivity index (χ4v) is 4.73. The maximum absolute atomic E-state index is 13.6. The Kier molecular flexibility index (Phi) is 6.37. The van der Waals surface area contributed by atoms with Gasteiger partial charge in [-0.15, -0.1) is 0 Å². The molecule has 1 saturated heterocycles. The van der Waals surface area contributed by atoms with Crippen LogP contribution in [0.25, 0.3) is 0 Å². The molecule has 2 aromatic carbocycles. The van der Waals surface area contributed by atoms with Gasteiger partial charge in [-0.3, -0.25) is 19.3 Å². The van der Waals surface area contributed by atoms with Gasteiger partial charge in [0.1, 0.15) is 6.54 Å². The third-order valence-electron chi connectivity index (χ3n) is 6.16. The second-order valence-electron chi connectivity index (χ2n) is 8.42. The third-order valence-corrected chi connectivity index (χ3v) is 6.48. The number of para-hydroxylation sites is 1. The van der Waals surface area contributed by atoms with Crippen molar-refractivity contribution in [1.29, 1.82) is 0 Å². The molecule has 2 aliphatic heterocycles. The molecule has 2 aliphatic rings. The van der Waals surface area contributed by atoms with Crippen molar-refractivity contribution in [3.8, 4) is 0 Å². The smallest absolute Gasteiger partial charge is 0.260 e. The van der Waals surface area contributed by atoms with Gasteiger partial charge in [-0.25, -0.2) is 0 Å². The number of benzene rings is 2. The SMILES string of the molecule is CC(CC(N)=O)N1Cc2ccccc2N(C(=O)c2ccc(N3CCCC3)cc2Cl)CC1=O. The number of hydrogen-bond acceptors (Lipinski definition) is 4. The summed E-state index contributed by atoms with van der Waals surface area (Å²) in [5, 5.41) is 0.368. The molecule has 32 heavy (non-hydrogen) atoms. The lowest BCUT2D eigenvalue weighted by Crippen LogP contribution is -2.44. The summed E-state index contributed by atoms with van der Waals surface area (Å²) < 4.78 is 0. The average molecular weight is 455 g/mol. The van der Waals surface area contributed by atoms with Crippen LogP contribution in [0.1, 0.15) is 42.1 Å². The molecule has 0 aromatic heterocycles. The van der Waals surface area contributed by atoms with E-state index in [4.69, 9.17) is 17.3 Å². The van der Waals surface area contributed by atoms with E-state index >= 15 is 0 Å². The van der Waals surface area contributed by atoms with Crippen molar-refractivity contribution in [3.63, 3.8) is 0 Å². The second-order valence-corrected chi connectivity index (χ2v) is 8.83. The zero-order chi connectivity index (χ0) is 22.8. The highest BCUT2D eigenvalue weighted by Crippen LogP contribution is 2.31. The normalized spacial score (nSPS) is 17.2. The quantitative estimate of drug-likeness (QED) is 0.751. The van der Waals surface area contributed by atoms with Crippen molar-refractivity contribution >= 4 is 40.7 Å². The van der Waals surface area contributed by atoms with Gasteiger partial charge in [-0.2, -0.15) is 0 Å².